The van der Waals surface area contributed by atoms with Gasteiger partial charge in [0.05, 0.1) is 11.4 Å². The molecule has 4 heteroatoms. The van der Waals surface area contributed by atoms with Crippen LogP contribution in [0.5, 0.6) is 0 Å². The van der Waals surface area contributed by atoms with Crippen LogP contribution in [-0.4, -0.2) is 9.97 Å². The standard InChI is InChI=1S/C10H10N4/c1-5-11-6-2-9(1)13-14-10-3-7-12-8-4-10/h1-8H,(H,11,13)(H,12,14). The summed E-state index contributed by atoms with van der Waals surface area (Å²) < 4.78 is 0. The number of anilines is 2. The number of hydrogen-bond donors (Lipinski definition) is 2. The van der Waals surface area contributed by atoms with Crippen LogP contribution in [0.15, 0.2) is 49.1 Å². The number of pyridine rings is 2. The van der Waals surface area contributed by atoms with Gasteiger partial charge in [0, 0.05) is 24.8 Å². The summed E-state index contributed by atoms with van der Waals surface area (Å²) in [5.74, 6) is 0. The molecule has 0 saturated heterocycles. The van der Waals surface area contributed by atoms with E-state index < -0.39 is 0 Å². The molecule has 2 heterocycles. The molecular formula is C10H10N4. The number of hydrazine groups is 1. The first-order chi connectivity index (χ1) is 6.95. The summed E-state index contributed by atoms with van der Waals surface area (Å²) in [6.07, 6.45) is 6.93. The van der Waals surface area contributed by atoms with E-state index in [0.717, 1.165) is 11.4 Å². The van der Waals surface area contributed by atoms with Gasteiger partial charge in [-0.2, -0.15) is 0 Å². The Balaban J connectivity index is 1.96. The molecule has 2 aromatic rings. The first-order valence-corrected chi connectivity index (χ1v) is 4.27. The zero-order chi connectivity index (χ0) is 9.64. The van der Waals surface area contributed by atoms with Gasteiger partial charge in [0.15, 0.2) is 0 Å². The van der Waals surface area contributed by atoms with Gasteiger partial charge in [0.1, 0.15) is 0 Å². The van der Waals surface area contributed by atoms with Gasteiger partial charge in [-0.05, 0) is 24.3 Å². The summed E-state index contributed by atoms with van der Waals surface area (Å²) in [6, 6.07) is 7.53. The summed E-state index contributed by atoms with van der Waals surface area (Å²) >= 11 is 0. The zero-order valence-corrected chi connectivity index (χ0v) is 7.51. The van der Waals surface area contributed by atoms with Crippen molar-refractivity contribution in [3.05, 3.63) is 49.1 Å². The fourth-order valence-corrected chi connectivity index (χ4v) is 1.01. The monoisotopic (exact) mass is 186 g/mol. The van der Waals surface area contributed by atoms with Crippen molar-refractivity contribution in [2.75, 3.05) is 10.9 Å². The van der Waals surface area contributed by atoms with Crippen LogP contribution in [0.3, 0.4) is 0 Å². The Bertz CT molecular complexity index is 334. The van der Waals surface area contributed by atoms with Gasteiger partial charge in [-0.3, -0.25) is 9.97 Å². The van der Waals surface area contributed by atoms with Crippen molar-refractivity contribution in [2.45, 2.75) is 0 Å². The van der Waals surface area contributed by atoms with E-state index in [9.17, 15) is 0 Å². The molecule has 0 fully saturated rings. The van der Waals surface area contributed by atoms with Crippen molar-refractivity contribution >= 4 is 11.4 Å². The lowest BCUT2D eigenvalue weighted by atomic mass is 10.4. The largest absolute Gasteiger partial charge is 0.301 e. The van der Waals surface area contributed by atoms with Gasteiger partial charge in [0.2, 0.25) is 0 Å². The van der Waals surface area contributed by atoms with Gasteiger partial charge < -0.3 is 10.9 Å². The summed E-state index contributed by atoms with van der Waals surface area (Å²) in [7, 11) is 0. The van der Waals surface area contributed by atoms with Crippen LogP contribution >= 0.6 is 0 Å². The van der Waals surface area contributed by atoms with Gasteiger partial charge in [-0.1, -0.05) is 0 Å². The van der Waals surface area contributed by atoms with E-state index >= 15 is 0 Å². The van der Waals surface area contributed by atoms with Crippen LogP contribution in [0.25, 0.3) is 0 Å². The van der Waals surface area contributed by atoms with Gasteiger partial charge in [0.25, 0.3) is 0 Å². The van der Waals surface area contributed by atoms with Crippen molar-refractivity contribution in [1.29, 1.82) is 0 Å². The molecule has 0 unspecified atom stereocenters. The third kappa shape index (κ3) is 2.20. The van der Waals surface area contributed by atoms with Crippen LogP contribution < -0.4 is 10.9 Å². The predicted octanol–water partition coefficient (Wildman–Crippen LogP) is 1.92. The molecule has 70 valence electrons. The maximum atomic E-state index is 3.92. The lowest BCUT2D eigenvalue weighted by Crippen LogP contribution is -2.08. The Labute approximate surface area is 82.0 Å². The van der Waals surface area contributed by atoms with Crippen LogP contribution in [0.1, 0.15) is 0 Å². The van der Waals surface area contributed by atoms with E-state index in [1.165, 1.54) is 0 Å². The fraction of sp³-hybridized carbons (Fsp3) is 0. The highest BCUT2D eigenvalue weighted by Crippen LogP contribution is 2.06. The molecule has 0 saturated carbocycles. The van der Waals surface area contributed by atoms with Crippen molar-refractivity contribution in [3.8, 4) is 0 Å². The number of nitrogens with one attached hydrogen (secondary N) is 2. The fourth-order valence-electron chi connectivity index (χ4n) is 1.01. The minimum absolute atomic E-state index is 0.969. The molecule has 2 rings (SSSR count). The maximum absolute atomic E-state index is 3.92. The normalized spacial score (nSPS) is 9.43. The lowest BCUT2D eigenvalue weighted by Gasteiger charge is -2.08. The highest BCUT2D eigenvalue weighted by atomic mass is 15.4. The molecule has 2 aromatic heterocycles. The molecule has 0 spiro atoms. The predicted molar refractivity (Wildman–Crippen MR) is 55.7 cm³/mol. The van der Waals surface area contributed by atoms with Gasteiger partial charge >= 0.3 is 0 Å². The van der Waals surface area contributed by atoms with Crippen LogP contribution in [-0.2, 0) is 0 Å². The Hall–Kier alpha value is -2.10. The summed E-state index contributed by atoms with van der Waals surface area (Å²) in [6.45, 7) is 0. The first kappa shape index (κ1) is 8.50. The van der Waals surface area contributed by atoms with E-state index in [4.69, 9.17) is 0 Å². The van der Waals surface area contributed by atoms with Crippen LogP contribution in [0.2, 0.25) is 0 Å². The average Bonchev–Trinajstić information content (AvgIpc) is 2.29. The first-order valence-electron chi connectivity index (χ1n) is 4.27. The van der Waals surface area contributed by atoms with E-state index in [1.54, 1.807) is 24.8 Å². The van der Waals surface area contributed by atoms with Gasteiger partial charge in [-0.15, -0.1) is 0 Å². The van der Waals surface area contributed by atoms with Crippen LogP contribution in [0.4, 0.5) is 11.4 Å². The summed E-state index contributed by atoms with van der Waals surface area (Å²) in [5.41, 5.74) is 8.02. The molecule has 0 atom stereocenters. The molecular weight excluding hydrogens is 176 g/mol. The SMILES string of the molecule is c1cc(NNc2ccncc2)ccn1. The van der Waals surface area contributed by atoms with Crippen molar-refractivity contribution in [2.24, 2.45) is 0 Å². The zero-order valence-electron chi connectivity index (χ0n) is 7.51. The third-order valence-electron chi connectivity index (χ3n) is 1.71. The van der Waals surface area contributed by atoms with E-state index in [-0.39, 0.29) is 0 Å². The highest BCUT2D eigenvalue weighted by Gasteiger charge is 1.89. The Morgan fingerprint density at radius 2 is 1.00 bits per heavy atom. The summed E-state index contributed by atoms with van der Waals surface area (Å²) in [5, 5.41) is 0. The Morgan fingerprint density at radius 1 is 0.643 bits per heavy atom. The number of hydrogen-bond acceptors (Lipinski definition) is 4. The van der Waals surface area contributed by atoms with E-state index in [1.807, 2.05) is 24.3 Å². The molecule has 0 bridgehead atoms. The Kier molecular flexibility index (Phi) is 2.56. The molecule has 4 nitrogen and oxygen atoms in total. The number of aromatic nitrogens is 2. The summed E-state index contributed by atoms with van der Waals surface area (Å²) in [4.78, 5) is 7.85. The van der Waals surface area contributed by atoms with Crippen molar-refractivity contribution in [1.82, 2.24) is 9.97 Å². The van der Waals surface area contributed by atoms with Crippen molar-refractivity contribution in [3.63, 3.8) is 0 Å². The quantitative estimate of drug-likeness (QED) is 0.719. The van der Waals surface area contributed by atoms with E-state index in [0.29, 0.717) is 0 Å². The number of rotatable bonds is 3. The molecule has 0 radical (unpaired) electrons. The smallest absolute Gasteiger partial charge is 0.0570 e. The molecule has 0 amide bonds. The second kappa shape index (κ2) is 4.23. The molecule has 0 aliphatic carbocycles. The molecule has 0 aliphatic rings. The second-order valence-electron chi connectivity index (χ2n) is 2.72. The maximum Gasteiger partial charge on any atom is 0.0570 e. The van der Waals surface area contributed by atoms with Gasteiger partial charge in [-0.25, -0.2) is 0 Å². The number of nitrogens with zero attached hydrogens (tertiary/aromatic N) is 2. The second-order valence-corrected chi connectivity index (χ2v) is 2.72. The molecule has 0 aliphatic heterocycles. The minimum atomic E-state index is 0.969. The highest BCUT2D eigenvalue weighted by molar-refractivity contribution is 5.50. The van der Waals surface area contributed by atoms with Crippen molar-refractivity contribution < 1.29 is 0 Å². The molecule has 2 N–H and O–H groups in total. The Morgan fingerprint density at radius 3 is 1.36 bits per heavy atom. The molecule has 0 aromatic carbocycles. The minimum Gasteiger partial charge on any atom is -0.301 e. The van der Waals surface area contributed by atoms with E-state index in [2.05, 4.69) is 20.8 Å². The lowest BCUT2D eigenvalue weighted by molar-refractivity contribution is 1.29. The third-order valence-corrected chi connectivity index (χ3v) is 1.71. The topological polar surface area (TPSA) is 49.8 Å². The average molecular weight is 186 g/mol. The molecule has 14 heavy (non-hydrogen) atoms. The van der Waals surface area contributed by atoms with Crippen LogP contribution in [0, 0.1) is 0 Å².